The first-order chi connectivity index (χ1) is 19.4. The van der Waals surface area contributed by atoms with Crippen molar-refractivity contribution in [3.63, 3.8) is 0 Å². The Hall–Kier alpha value is -4.86. The summed E-state index contributed by atoms with van der Waals surface area (Å²) >= 11 is 0. The molecule has 0 radical (unpaired) electrons. The number of fused-ring (bicyclic) bond motifs is 1. The third-order valence-electron chi connectivity index (χ3n) is 6.93. The van der Waals surface area contributed by atoms with Crippen LogP contribution in [-0.2, 0) is 4.79 Å². The van der Waals surface area contributed by atoms with Crippen molar-refractivity contribution in [2.45, 2.75) is 18.9 Å². The van der Waals surface area contributed by atoms with Crippen molar-refractivity contribution in [2.24, 2.45) is 0 Å². The van der Waals surface area contributed by atoms with Gasteiger partial charge in [0.25, 0.3) is 0 Å². The number of piperidine rings is 1. The van der Waals surface area contributed by atoms with Crippen LogP contribution in [0.4, 0.5) is 21.6 Å². The van der Waals surface area contributed by atoms with Crippen LogP contribution in [0.15, 0.2) is 67.5 Å². The number of nitrogen functional groups attached to an aromatic ring is 1. The Morgan fingerprint density at radius 2 is 1.85 bits per heavy atom. The Morgan fingerprint density at radius 3 is 2.58 bits per heavy atom. The number of benzene rings is 3. The molecule has 0 atom stereocenters. The predicted molar refractivity (Wildman–Crippen MR) is 153 cm³/mol. The van der Waals surface area contributed by atoms with Crippen molar-refractivity contribution in [1.29, 1.82) is 0 Å². The molecule has 10 heteroatoms. The predicted octanol–water partition coefficient (Wildman–Crippen LogP) is 5.33. The number of halogens is 1. The van der Waals surface area contributed by atoms with Crippen LogP contribution in [0.25, 0.3) is 22.0 Å². The van der Waals surface area contributed by atoms with Gasteiger partial charge in [-0.25, -0.2) is 14.4 Å². The van der Waals surface area contributed by atoms with E-state index in [1.807, 2.05) is 6.07 Å². The van der Waals surface area contributed by atoms with Gasteiger partial charge in [-0.3, -0.25) is 4.79 Å². The molecule has 206 valence electrons. The standard InChI is InChI=1S/C30H30FN5O4/c1-4-28(37)36-12-10-19(11-13-36)40-27-15-21-23(16-26(27)39-3)33-17-34-30(21)35-24-14-18(8-9-25(24)38-2)20-6-5-7-22(32)29(20)31/h4-9,14-17,19H,1,10-13,32H2,2-3H3,(H,33,34,35). The largest absolute Gasteiger partial charge is 0.495 e. The van der Waals surface area contributed by atoms with Gasteiger partial charge in [0, 0.05) is 42.9 Å². The van der Waals surface area contributed by atoms with Crippen molar-refractivity contribution in [3.8, 4) is 28.4 Å². The highest BCUT2D eigenvalue weighted by Gasteiger charge is 2.24. The molecule has 2 heterocycles. The second-order valence-corrected chi connectivity index (χ2v) is 9.34. The van der Waals surface area contributed by atoms with Gasteiger partial charge in [0.15, 0.2) is 17.3 Å². The van der Waals surface area contributed by atoms with Gasteiger partial charge in [-0.1, -0.05) is 24.8 Å². The number of carbonyl (C=O) groups excluding carboxylic acids is 1. The number of ether oxygens (including phenoxy) is 3. The molecule has 1 aromatic heterocycles. The van der Waals surface area contributed by atoms with E-state index < -0.39 is 5.82 Å². The fourth-order valence-corrected chi connectivity index (χ4v) is 4.79. The minimum absolute atomic E-state index is 0.0732. The molecule has 4 aromatic rings. The molecule has 1 amide bonds. The lowest BCUT2D eigenvalue weighted by Crippen LogP contribution is -2.41. The van der Waals surface area contributed by atoms with Crippen LogP contribution in [0.2, 0.25) is 0 Å². The number of rotatable bonds is 8. The molecule has 9 nitrogen and oxygen atoms in total. The van der Waals surface area contributed by atoms with Gasteiger partial charge in [-0.15, -0.1) is 0 Å². The number of anilines is 3. The van der Waals surface area contributed by atoms with Gasteiger partial charge in [-0.05, 0) is 35.9 Å². The average molecular weight is 544 g/mol. The molecule has 1 aliphatic rings. The molecule has 3 aromatic carbocycles. The summed E-state index contributed by atoms with van der Waals surface area (Å²) in [5.41, 5.74) is 8.09. The number of nitrogens with two attached hydrogens (primary N) is 1. The summed E-state index contributed by atoms with van der Waals surface area (Å²) < 4.78 is 32.3. The number of aromatic nitrogens is 2. The number of amides is 1. The highest BCUT2D eigenvalue weighted by molar-refractivity contribution is 5.94. The van der Waals surface area contributed by atoms with E-state index in [0.29, 0.717) is 76.7 Å². The lowest BCUT2D eigenvalue weighted by Gasteiger charge is -2.31. The molecule has 1 saturated heterocycles. The van der Waals surface area contributed by atoms with Crippen molar-refractivity contribution in [1.82, 2.24) is 14.9 Å². The Bertz CT molecular complexity index is 1570. The normalized spacial score (nSPS) is 13.6. The molecule has 3 N–H and O–H groups in total. The quantitative estimate of drug-likeness (QED) is 0.226. The maximum Gasteiger partial charge on any atom is 0.245 e. The zero-order chi connectivity index (χ0) is 28.2. The Kier molecular flexibility index (Phi) is 7.68. The van der Waals surface area contributed by atoms with Crippen LogP contribution in [0.1, 0.15) is 12.8 Å². The van der Waals surface area contributed by atoms with Crippen molar-refractivity contribution < 1.29 is 23.4 Å². The minimum Gasteiger partial charge on any atom is -0.495 e. The maximum atomic E-state index is 14.8. The number of carbonyl (C=O) groups is 1. The Labute approximate surface area is 231 Å². The third-order valence-corrected chi connectivity index (χ3v) is 6.93. The number of methoxy groups -OCH3 is 2. The Balaban J connectivity index is 1.47. The van der Waals surface area contributed by atoms with E-state index in [9.17, 15) is 9.18 Å². The fourth-order valence-electron chi connectivity index (χ4n) is 4.79. The average Bonchev–Trinajstić information content (AvgIpc) is 2.98. The molecule has 40 heavy (non-hydrogen) atoms. The molecule has 0 spiro atoms. The number of hydrogen-bond donors (Lipinski definition) is 2. The van der Waals surface area contributed by atoms with Crippen molar-refractivity contribution in [2.75, 3.05) is 38.4 Å². The van der Waals surface area contributed by atoms with E-state index >= 15 is 0 Å². The summed E-state index contributed by atoms with van der Waals surface area (Å²) in [5, 5.41) is 4.02. The molecule has 1 aliphatic heterocycles. The number of nitrogens with one attached hydrogen (secondary N) is 1. The van der Waals surface area contributed by atoms with Crippen LogP contribution >= 0.6 is 0 Å². The van der Waals surface area contributed by atoms with Crippen LogP contribution < -0.4 is 25.3 Å². The summed E-state index contributed by atoms with van der Waals surface area (Å²) in [6.45, 7) is 4.74. The summed E-state index contributed by atoms with van der Waals surface area (Å²) in [6, 6.07) is 13.8. The van der Waals surface area contributed by atoms with Gasteiger partial charge in [0.2, 0.25) is 5.91 Å². The van der Waals surface area contributed by atoms with Gasteiger partial charge in [0.05, 0.1) is 31.1 Å². The van der Waals surface area contributed by atoms with Gasteiger partial charge in [0.1, 0.15) is 24.0 Å². The highest BCUT2D eigenvalue weighted by Crippen LogP contribution is 2.39. The summed E-state index contributed by atoms with van der Waals surface area (Å²) in [5.74, 6) is 1.58. The lowest BCUT2D eigenvalue weighted by molar-refractivity contribution is -0.127. The van der Waals surface area contributed by atoms with Crippen molar-refractivity contribution >= 4 is 34.0 Å². The Morgan fingerprint density at radius 1 is 1.07 bits per heavy atom. The number of hydrogen-bond acceptors (Lipinski definition) is 8. The first-order valence-electron chi connectivity index (χ1n) is 12.8. The van der Waals surface area contributed by atoms with E-state index in [-0.39, 0.29) is 17.7 Å². The number of nitrogens with zero attached hydrogens (tertiary/aromatic N) is 3. The molecule has 0 bridgehead atoms. The minimum atomic E-state index is -0.486. The van der Waals surface area contributed by atoms with E-state index in [1.165, 1.54) is 18.5 Å². The van der Waals surface area contributed by atoms with E-state index in [2.05, 4.69) is 21.9 Å². The summed E-state index contributed by atoms with van der Waals surface area (Å²) in [6.07, 6.45) is 4.05. The molecule has 0 unspecified atom stereocenters. The van der Waals surface area contributed by atoms with Gasteiger partial charge < -0.3 is 30.2 Å². The second kappa shape index (κ2) is 11.5. The van der Waals surface area contributed by atoms with Crippen LogP contribution in [-0.4, -0.2) is 54.2 Å². The van der Waals surface area contributed by atoms with Gasteiger partial charge in [-0.2, -0.15) is 0 Å². The fraction of sp³-hybridized carbons (Fsp3) is 0.233. The zero-order valence-electron chi connectivity index (χ0n) is 22.3. The maximum absolute atomic E-state index is 14.8. The molecule has 0 saturated carbocycles. The summed E-state index contributed by atoms with van der Waals surface area (Å²) in [7, 11) is 3.13. The van der Waals surface area contributed by atoms with E-state index in [4.69, 9.17) is 19.9 Å². The molecule has 5 rings (SSSR count). The van der Waals surface area contributed by atoms with Gasteiger partial charge >= 0.3 is 0 Å². The number of likely N-dealkylation sites (tertiary alicyclic amines) is 1. The smallest absolute Gasteiger partial charge is 0.245 e. The first kappa shape index (κ1) is 26.7. The molecular formula is C30H30FN5O4. The van der Waals surface area contributed by atoms with Crippen LogP contribution in [0.3, 0.4) is 0 Å². The van der Waals surface area contributed by atoms with Crippen LogP contribution in [0.5, 0.6) is 17.2 Å². The topological polar surface area (TPSA) is 112 Å². The van der Waals surface area contributed by atoms with Crippen molar-refractivity contribution in [3.05, 3.63) is 73.3 Å². The van der Waals surface area contributed by atoms with Crippen LogP contribution in [0, 0.1) is 5.82 Å². The lowest BCUT2D eigenvalue weighted by atomic mass is 10.0. The van der Waals surface area contributed by atoms with E-state index in [0.717, 1.165) is 0 Å². The summed E-state index contributed by atoms with van der Waals surface area (Å²) in [4.78, 5) is 22.6. The van der Waals surface area contributed by atoms with E-state index in [1.54, 1.807) is 55.5 Å². The first-order valence-corrected chi connectivity index (χ1v) is 12.8. The second-order valence-electron chi connectivity index (χ2n) is 9.34. The third kappa shape index (κ3) is 5.33. The monoisotopic (exact) mass is 543 g/mol. The zero-order valence-corrected chi connectivity index (χ0v) is 22.3. The highest BCUT2D eigenvalue weighted by atomic mass is 19.1. The SMILES string of the molecule is C=CC(=O)N1CCC(Oc2cc3c(Nc4cc(-c5cccc(N)c5F)ccc4OC)ncnc3cc2OC)CC1. The molecular weight excluding hydrogens is 513 g/mol. The molecule has 0 aliphatic carbocycles. The molecule has 1 fully saturated rings.